The Morgan fingerprint density at radius 3 is 2.43 bits per heavy atom. The number of methoxy groups -OCH3 is 1. The molecule has 30 heavy (non-hydrogen) atoms. The van der Waals surface area contributed by atoms with Gasteiger partial charge in [-0.25, -0.2) is 4.79 Å². The van der Waals surface area contributed by atoms with Crippen LogP contribution in [0.1, 0.15) is 40.9 Å². The Morgan fingerprint density at radius 1 is 1.07 bits per heavy atom. The van der Waals surface area contributed by atoms with Crippen molar-refractivity contribution in [3.63, 3.8) is 0 Å². The van der Waals surface area contributed by atoms with Crippen molar-refractivity contribution in [3.8, 4) is 5.75 Å². The van der Waals surface area contributed by atoms with Crippen molar-refractivity contribution in [3.05, 3.63) is 65.2 Å². The summed E-state index contributed by atoms with van der Waals surface area (Å²) in [6.45, 7) is 3.72. The Hall–Kier alpha value is -3.06. The molecule has 0 saturated heterocycles. The third-order valence-corrected chi connectivity index (χ3v) is 4.72. The molecule has 3 N–H and O–H groups in total. The largest absolute Gasteiger partial charge is 0.497 e. The van der Waals surface area contributed by atoms with Crippen LogP contribution < -0.4 is 20.7 Å². The first kappa shape index (κ1) is 23.2. The van der Waals surface area contributed by atoms with Gasteiger partial charge in [-0.15, -0.1) is 0 Å². The smallest absolute Gasteiger partial charge is 0.315 e. The maximum absolute atomic E-state index is 12.4. The second-order valence-corrected chi connectivity index (χ2v) is 7.32. The van der Waals surface area contributed by atoms with E-state index >= 15 is 0 Å². The molecule has 2 rings (SSSR count). The van der Waals surface area contributed by atoms with E-state index in [0.29, 0.717) is 18.7 Å². The fourth-order valence-electron chi connectivity index (χ4n) is 2.97. The molecular formula is C23H32N4O3. The molecule has 0 bridgehead atoms. The van der Waals surface area contributed by atoms with Crippen LogP contribution in [-0.4, -0.2) is 51.1 Å². The topological polar surface area (TPSA) is 82.7 Å². The Balaban J connectivity index is 1.88. The van der Waals surface area contributed by atoms with E-state index in [4.69, 9.17) is 4.74 Å². The number of benzene rings is 2. The van der Waals surface area contributed by atoms with Gasteiger partial charge in [-0.3, -0.25) is 4.79 Å². The molecule has 3 amide bonds. The quantitative estimate of drug-likeness (QED) is 0.560. The van der Waals surface area contributed by atoms with Crippen LogP contribution in [0.4, 0.5) is 4.79 Å². The van der Waals surface area contributed by atoms with E-state index < -0.39 is 0 Å². The monoisotopic (exact) mass is 412 g/mol. The first-order valence-electron chi connectivity index (χ1n) is 10.1. The molecule has 2 aromatic carbocycles. The number of carbonyl (C=O) groups is 2. The summed E-state index contributed by atoms with van der Waals surface area (Å²) in [6, 6.07) is 14.6. The SMILES string of the molecule is CCC(NC(=O)NCc1cccc(C(=O)NCCN(C)C)c1)c1ccc(OC)cc1. The minimum atomic E-state index is -0.251. The number of likely N-dealkylation sites (N-methyl/N-ethyl adjacent to an activating group) is 1. The van der Waals surface area contributed by atoms with Crippen molar-refractivity contribution < 1.29 is 14.3 Å². The summed E-state index contributed by atoms with van der Waals surface area (Å²) < 4.78 is 5.18. The highest BCUT2D eigenvalue weighted by molar-refractivity contribution is 5.94. The van der Waals surface area contributed by atoms with Crippen LogP contribution in [0.3, 0.4) is 0 Å². The average Bonchev–Trinajstić information content (AvgIpc) is 2.76. The maximum atomic E-state index is 12.4. The maximum Gasteiger partial charge on any atom is 0.315 e. The zero-order valence-electron chi connectivity index (χ0n) is 18.2. The number of urea groups is 1. The minimum Gasteiger partial charge on any atom is -0.497 e. The highest BCUT2D eigenvalue weighted by Crippen LogP contribution is 2.20. The second kappa shape index (κ2) is 11.8. The van der Waals surface area contributed by atoms with Gasteiger partial charge >= 0.3 is 6.03 Å². The van der Waals surface area contributed by atoms with Crippen LogP contribution in [-0.2, 0) is 6.54 Å². The fourth-order valence-corrected chi connectivity index (χ4v) is 2.97. The van der Waals surface area contributed by atoms with Crippen LogP contribution in [0.5, 0.6) is 5.75 Å². The molecule has 0 aromatic heterocycles. The van der Waals surface area contributed by atoms with Crippen LogP contribution in [0.25, 0.3) is 0 Å². The molecule has 1 atom stereocenters. The van der Waals surface area contributed by atoms with E-state index in [1.807, 2.05) is 62.3 Å². The number of rotatable bonds is 10. The molecule has 7 heteroatoms. The number of nitrogens with one attached hydrogen (secondary N) is 3. The molecule has 0 aliphatic rings. The summed E-state index contributed by atoms with van der Waals surface area (Å²) in [5, 5.41) is 8.75. The summed E-state index contributed by atoms with van der Waals surface area (Å²) in [5.41, 5.74) is 2.46. The van der Waals surface area contributed by atoms with Crippen molar-refractivity contribution in [1.82, 2.24) is 20.9 Å². The van der Waals surface area contributed by atoms with Crippen molar-refractivity contribution in [2.75, 3.05) is 34.3 Å². The predicted octanol–water partition coefficient (Wildman–Crippen LogP) is 2.94. The Labute approximate surface area is 178 Å². The Kier molecular flexibility index (Phi) is 9.15. The Morgan fingerprint density at radius 2 is 1.80 bits per heavy atom. The first-order valence-corrected chi connectivity index (χ1v) is 10.1. The van der Waals surface area contributed by atoms with Gasteiger partial charge in [-0.05, 0) is 55.9 Å². The average molecular weight is 413 g/mol. The van der Waals surface area contributed by atoms with Crippen molar-refractivity contribution in [1.29, 1.82) is 0 Å². The number of amides is 3. The van der Waals surface area contributed by atoms with Crippen molar-refractivity contribution in [2.24, 2.45) is 0 Å². The Bertz CT molecular complexity index is 821. The number of ether oxygens (including phenoxy) is 1. The van der Waals surface area contributed by atoms with Gasteiger partial charge in [0.15, 0.2) is 0 Å². The van der Waals surface area contributed by atoms with Gasteiger partial charge in [-0.2, -0.15) is 0 Å². The third kappa shape index (κ3) is 7.40. The fraction of sp³-hybridized carbons (Fsp3) is 0.391. The molecule has 2 aromatic rings. The van der Waals surface area contributed by atoms with E-state index in [1.165, 1.54) is 0 Å². The number of hydrogen-bond donors (Lipinski definition) is 3. The summed E-state index contributed by atoms with van der Waals surface area (Å²) in [6.07, 6.45) is 0.766. The number of carbonyl (C=O) groups excluding carboxylic acids is 2. The molecule has 162 valence electrons. The lowest BCUT2D eigenvalue weighted by Crippen LogP contribution is -2.37. The standard InChI is InChI=1S/C23H32N4O3/c1-5-21(18-9-11-20(30-4)12-10-18)26-23(29)25-16-17-7-6-8-19(15-17)22(28)24-13-14-27(2)3/h6-12,15,21H,5,13-14,16H2,1-4H3,(H,24,28)(H2,25,26,29). The highest BCUT2D eigenvalue weighted by Gasteiger charge is 2.13. The van der Waals surface area contributed by atoms with Gasteiger partial charge in [0.05, 0.1) is 13.2 Å². The van der Waals surface area contributed by atoms with Crippen LogP contribution in [0.2, 0.25) is 0 Å². The van der Waals surface area contributed by atoms with Crippen LogP contribution >= 0.6 is 0 Å². The first-order chi connectivity index (χ1) is 14.4. The second-order valence-electron chi connectivity index (χ2n) is 7.32. The molecule has 7 nitrogen and oxygen atoms in total. The van der Waals surface area contributed by atoms with Gasteiger partial charge in [0.1, 0.15) is 5.75 Å². The minimum absolute atomic E-state index is 0.0929. The van der Waals surface area contributed by atoms with Crippen LogP contribution in [0, 0.1) is 0 Å². The molecule has 0 saturated carbocycles. The number of nitrogens with zero attached hydrogens (tertiary/aromatic N) is 1. The van der Waals surface area contributed by atoms with Gasteiger partial charge in [0.2, 0.25) is 0 Å². The van der Waals surface area contributed by atoms with E-state index in [0.717, 1.165) is 29.8 Å². The zero-order valence-corrected chi connectivity index (χ0v) is 18.2. The molecular weight excluding hydrogens is 380 g/mol. The summed E-state index contributed by atoms with van der Waals surface area (Å²) in [5.74, 6) is 0.664. The highest BCUT2D eigenvalue weighted by atomic mass is 16.5. The van der Waals surface area contributed by atoms with Gasteiger partial charge in [0.25, 0.3) is 5.91 Å². The summed E-state index contributed by atoms with van der Waals surface area (Å²) in [7, 11) is 5.54. The lowest BCUT2D eigenvalue weighted by atomic mass is 10.0. The molecule has 0 heterocycles. The molecule has 0 spiro atoms. The van der Waals surface area contributed by atoms with Crippen molar-refractivity contribution in [2.45, 2.75) is 25.9 Å². The molecule has 0 aliphatic carbocycles. The molecule has 0 aliphatic heterocycles. The van der Waals surface area contributed by atoms with E-state index in [9.17, 15) is 9.59 Å². The van der Waals surface area contributed by atoms with Gasteiger partial charge < -0.3 is 25.6 Å². The van der Waals surface area contributed by atoms with Crippen molar-refractivity contribution >= 4 is 11.9 Å². The molecule has 1 unspecified atom stereocenters. The van der Waals surface area contributed by atoms with E-state index in [-0.39, 0.29) is 18.0 Å². The van der Waals surface area contributed by atoms with E-state index in [1.54, 1.807) is 19.2 Å². The normalized spacial score (nSPS) is 11.6. The van der Waals surface area contributed by atoms with Gasteiger partial charge in [-0.1, -0.05) is 31.2 Å². The van der Waals surface area contributed by atoms with Gasteiger partial charge in [0, 0.05) is 25.2 Å². The third-order valence-electron chi connectivity index (χ3n) is 4.72. The lowest BCUT2D eigenvalue weighted by molar-refractivity contribution is 0.0951. The number of hydrogen-bond acceptors (Lipinski definition) is 4. The van der Waals surface area contributed by atoms with E-state index in [2.05, 4.69) is 16.0 Å². The predicted molar refractivity (Wildman–Crippen MR) is 119 cm³/mol. The zero-order chi connectivity index (χ0) is 21.9. The van der Waals surface area contributed by atoms with Crippen LogP contribution in [0.15, 0.2) is 48.5 Å². The summed E-state index contributed by atoms with van der Waals surface area (Å²) >= 11 is 0. The molecule has 0 radical (unpaired) electrons. The lowest BCUT2D eigenvalue weighted by Gasteiger charge is -2.18. The summed E-state index contributed by atoms with van der Waals surface area (Å²) in [4.78, 5) is 26.6. The molecule has 0 fully saturated rings.